The molecule has 1 saturated heterocycles. The third-order valence-electron chi connectivity index (χ3n) is 3.88. The number of carbonyl (C=O) groups excluding carboxylic acids is 2. The van der Waals surface area contributed by atoms with Crippen molar-refractivity contribution in [2.75, 3.05) is 19.1 Å². The zero-order chi connectivity index (χ0) is 19.6. The van der Waals surface area contributed by atoms with E-state index in [9.17, 15) is 14.7 Å². The molecule has 6 nitrogen and oxygen atoms in total. The average Bonchev–Trinajstić information content (AvgIpc) is 2.95. The molecule has 1 fully saturated rings. The molecule has 0 spiro atoms. The molecule has 138 valence electrons. The number of ether oxygens (including phenoxy) is 2. The quantitative estimate of drug-likeness (QED) is 0.563. The molecule has 0 atom stereocenters. The van der Waals surface area contributed by atoms with E-state index in [2.05, 4.69) is 0 Å². The second-order valence-corrected chi connectivity index (χ2v) is 7.14. The Hall–Kier alpha value is -2.84. The highest BCUT2D eigenvalue weighted by molar-refractivity contribution is 8.27. The zero-order valence-corrected chi connectivity index (χ0v) is 16.1. The first kappa shape index (κ1) is 18.9. The number of hydrogen-bond acceptors (Lipinski definition) is 7. The molecule has 3 rings (SSSR count). The van der Waals surface area contributed by atoms with E-state index >= 15 is 0 Å². The summed E-state index contributed by atoms with van der Waals surface area (Å²) >= 11 is 6.49. The Labute approximate surface area is 165 Å². The van der Waals surface area contributed by atoms with E-state index in [0.717, 1.165) is 11.8 Å². The van der Waals surface area contributed by atoms with Gasteiger partial charge in [0.05, 0.1) is 30.8 Å². The second kappa shape index (κ2) is 7.81. The summed E-state index contributed by atoms with van der Waals surface area (Å²) in [6, 6.07) is 11.1. The second-order valence-electron chi connectivity index (χ2n) is 5.46. The number of anilines is 1. The third kappa shape index (κ3) is 3.81. The first-order valence-electron chi connectivity index (χ1n) is 7.76. The molecule has 2 aromatic carbocycles. The Bertz CT molecular complexity index is 953. The van der Waals surface area contributed by atoms with Crippen LogP contribution in [-0.2, 0) is 4.79 Å². The first-order chi connectivity index (χ1) is 12.9. The van der Waals surface area contributed by atoms with Crippen LogP contribution in [0.4, 0.5) is 5.69 Å². The van der Waals surface area contributed by atoms with Gasteiger partial charge in [0, 0.05) is 11.6 Å². The van der Waals surface area contributed by atoms with Crippen LogP contribution in [0.5, 0.6) is 11.5 Å². The highest BCUT2D eigenvalue weighted by atomic mass is 32.2. The van der Waals surface area contributed by atoms with Gasteiger partial charge in [0.15, 0.2) is 4.32 Å². The van der Waals surface area contributed by atoms with Crippen molar-refractivity contribution in [3.63, 3.8) is 0 Å². The summed E-state index contributed by atoms with van der Waals surface area (Å²) in [4.78, 5) is 25.5. The van der Waals surface area contributed by atoms with E-state index in [1.165, 1.54) is 36.3 Å². The van der Waals surface area contributed by atoms with Gasteiger partial charge in [-0.25, -0.2) is 0 Å². The summed E-state index contributed by atoms with van der Waals surface area (Å²) < 4.78 is 10.9. The molecule has 1 aliphatic rings. The minimum absolute atomic E-state index is 0.0303. The number of thiocarbonyl (C=S) groups is 1. The molecule has 2 aromatic rings. The molecule has 1 amide bonds. The molecule has 1 aliphatic heterocycles. The number of benzene rings is 2. The van der Waals surface area contributed by atoms with E-state index in [1.807, 2.05) is 0 Å². The van der Waals surface area contributed by atoms with Crippen LogP contribution >= 0.6 is 24.0 Å². The van der Waals surface area contributed by atoms with Gasteiger partial charge in [-0.1, -0.05) is 36.1 Å². The summed E-state index contributed by atoms with van der Waals surface area (Å²) in [7, 11) is 3.10. The van der Waals surface area contributed by atoms with E-state index in [1.54, 1.807) is 31.4 Å². The van der Waals surface area contributed by atoms with E-state index in [-0.39, 0.29) is 11.5 Å². The van der Waals surface area contributed by atoms with Gasteiger partial charge in [-0.2, -0.15) is 0 Å². The molecule has 0 unspecified atom stereocenters. The fourth-order valence-corrected chi connectivity index (χ4v) is 3.81. The molecule has 1 heterocycles. The number of thioether (sulfide) groups is 1. The lowest BCUT2D eigenvalue weighted by Crippen LogP contribution is -2.28. The molecule has 0 aromatic heterocycles. The van der Waals surface area contributed by atoms with Crippen LogP contribution in [0.25, 0.3) is 6.08 Å². The van der Waals surface area contributed by atoms with Crippen molar-refractivity contribution in [1.82, 2.24) is 0 Å². The summed E-state index contributed by atoms with van der Waals surface area (Å²) in [6.45, 7) is 0. The highest BCUT2D eigenvalue weighted by Crippen LogP contribution is 2.37. The van der Waals surface area contributed by atoms with Crippen LogP contribution in [0.3, 0.4) is 0 Å². The van der Waals surface area contributed by atoms with Crippen molar-refractivity contribution in [3.8, 4) is 11.5 Å². The summed E-state index contributed by atoms with van der Waals surface area (Å²) in [5.41, 5.74) is 1.24. The Morgan fingerprint density at radius 1 is 1.15 bits per heavy atom. The van der Waals surface area contributed by atoms with Gasteiger partial charge in [0.2, 0.25) is 0 Å². The topological polar surface area (TPSA) is 78.9 Å². The summed E-state index contributed by atoms with van der Waals surface area (Å²) in [5, 5.41) is 10.9. The smallest absolute Gasteiger partial charge is 0.270 e. The molecule has 0 aliphatic carbocycles. The maximum atomic E-state index is 12.8. The number of hydrogen-bond donors (Lipinski definition) is 0. The van der Waals surface area contributed by atoms with Gasteiger partial charge >= 0.3 is 0 Å². The molecule has 27 heavy (non-hydrogen) atoms. The summed E-state index contributed by atoms with van der Waals surface area (Å²) in [6.07, 6.45) is 1.70. The Balaban J connectivity index is 1.92. The number of carboxylic acids is 1. The maximum Gasteiger partial charge on any atom is 0.270 e. The normalized spacial score (nSPS) is 15.3. The van der Waals surface area contributed by atoms with E-state index < -0.39 is 5.97 Å². The first-order valence-corrected chi connectivity index (χ1v) is 8.98. The molecular weight excluding hydrogens is 386 g/mol. The van der Waals surface area contributed by atoms with Crippen LogP contribution in [0.2, 0.25) is 0 Å². The Morgan fingerprint density at radius 2 is 1.85 bits per heavy atom. The van der Waals surface area contributed by atoms with Gasteiger partial charge in [-0.15, -0.1) is 0 Å². The fourth-order valence-electron chi connectivity index (χ4n) is 2.52. The van der Waals surface area contributed by atoms with Gasteiger partial charge in [-0.05, 0) is 35.9 Å². The number of nitrogens with zero attached hydrogens (tertiary/aromatic N) is 1. The Morgan fingerprint density at radius 3 is 2.44 bits per heavy atom. The molecule has 0 N–H and O–H groups in total. The number of methoxy groups -OCH3 is 2. The average molecular weight is 400 g/mol. The molecule has 0 radical (unpaired) electrons. The van der Waals surface area contributed by atoms with Crippen molar-refractivity contribution < 1.29 is 24.2 Å². The molecule has 0 bridgehead atoms. The lowest BCUT2D eigenvalue weighted by molar-refractivity contribution is -0.255. The summed E-state index contributed by atoms with van der Waals surface area (Å²) in [5.74, 6) is -0.356. The van der Waals surface area contributed by atoms with Gasteiger partial charge in [0.25, 0.3) is 5.91 Å². The third-order valence-corrected chi connectivity index (χ3v) is 5.18. The van der Waals surface area contributed by atoms with Gasteiger partial charge in [0.1, 0.15) is 11.5 Å². The minimum atomic E-state index is -1.28. The van der Waals surface area contributed by atoms with Crippen molar-refractivity contribution >= 4 is 51.9 Å². The lowest BCUT2D eigenvalue weighted by Gasteiger charge is -2.15. The van der Waals surface area contributed by atoms with E-state index in [0.29, 0.717) is 32.0 Å². The van der Waals surface area contributed by atoms with Crippen molar-refractivity contribution in [3.05, 3.63) is 58.5 Å². The van der Waals surface area contributed by atoms with Gasteiger partial charge < -0.3 is 19.4 Å². The van der Waals surface area contributed by atoms with Crippen LogP contribution in [0, 0.1) is 0 Å². The Kier molecular flexibility index (Phi) is 5.48. The van der Waals surface area contributed by atoms with Gasteiger partial charge in [-0.3, -0.25) is 9.69 Å². The SMILES string of the molecule is COc1ccc(/C=C2/SC(=S)N(c3ccc(C(=O)[O-])cc3)C2=O)c(OC)c1. The molecule has 8 heteroatoms. The largest absolute Gasteiger partial charge is 0.545 e. The monoisotopic (exact) mass is 400 g/mol. The number of carbonyl (C=O) groups is 2. The highest BCUT2D eigenvalue weighted by Gasteiger charge is 2.33. The molecular formula is C19H14NO5S2-. The predicted octanol–water partition coefficient (Wildman–Crippen LogP) is 2.47. The number of carboxylic acid groups (broad SMARTS) is 1. The number of rotatable bonds is 5. The predicted molar refractivity (Wildman–Crippen MR) is 106 cm³/mol. The lowest BCUT2D eigenvalue weighted by atomic mass is 10.1. The van der Waals surface area contributed by atoms with Crippen LogP contribution in [-0.4, -0.2) is 30.4 Å². The van der Waals surface area contributed by atoms with Crippen LogP contribution in [0.1, 0.15) is 15.9 Å². The zero-order valence-electron chi connectivity index (χ0n) is 14.4. The standard InChI is InChI=1S/C19H15NO5S2/c1-24-14-8-5-12(15(10-14)25-2)9-16-17(21)20(19(26)27-16)13-6-3-11(4-7-13)18(22)23/h3-10H,1-2H3,(H,22,23)/p-1/b16-9+. The van der Waals surface area contributed by atoms with E-state index in [4.69, 9.17) is 21.7 Å². The number of aromatic carboxylic acids is 1. The number of amides is 1. The van der Waals surface area contributed by atoms with Crippen molar-refractivity contribution in [2.24, 2.45) is 0 Å². The van der Waals surface area contributed by atoms with Crippen LogP contribution in [0.15, 0.2) is 47.4 Å². The molecule has 0 saturated carbocycles. The fraction of sp³-hybridized carbons (Fsp3) is 0.105. The van der Waals surface area contributed by atoms with Crippen molar-refractivity contribution in [2.45, 2.75) is 0 Å². The van der Waals surface area contributed by atoms with Crippen LogP contribution < -0.4 is 19.5 Å². The maximum absolute atomic E-state index is 12.8. The van der Waals surface area contributed by atoms with Crippen molar-refractivity contribution in [1.29, 1.82) is 0 Å². The minimum Gasteiger partial charge on any atom is -0.545 e.